The Morgan fingerprint density at radius 1 is 1.50 bits per heavy atom. The van der Waals surface area contributed by atoms with Crippen molar-refractivity contribution in [3.8, 4) is 17.6 Å². The molecule has 1 aliphatic heterocycles. The normalized spacial score (nSPS) is 25.1. The lowest BCUT2D eigenvalue weighted by Crippen LogP contribution is -2.43. The molecule has 1 aromatic rings. The van der Waals surface area contributed by atoms with E-state index in [1.54, 1.807) is 0 Å². The van der Waals surface area contributed by atoms with Gasteiger partial charge < -0.3 is 20.3 Å². The van der Waals surface area contributed by atoms with Crippen LogP contribution in [0.4, 0.5) is 5.69 Å². The first-order valence-corrected chi connectivity index (χ1v) is 8.03. The molecule has 136 valence electrons. The molecular weight excluding hydrogens is 342 g/mol. The van der Waals surface area contributed by atoms with Gasteiger partial charge in [-0.05, 0) is 24.5 Å². The van der Waals surface area contributed by atoms with Gasteiger partial charge in [-0.25, -0.2) is 0 Å². The fraction of sp³-hybridized carbons (Fsp3) is 0.412. The lowest BCUT2D eigenvalue weighted by Gasteiger charge is -2.40. The van der Waals surface area contributed by atoms with Gasteiger partial charge in [0.1, 0.15) is 18.0 Å². The molecule has 0 amide bonds. The van der Waals surface area contributed by atoms with E-state index >= 15 is 0 Å². The van der Waals surface area contributed by atoms with Gasteiger partial charge in [0.2, 0.25) is 5.75 Å². The molecule has 0 bridgehead atoms. The minimum absolute atomic E-state index is 0.0449. The van der Waals surface area contributed by atoms with E-state index in [1.165, 1.54) is 13.2 Å². The van der Waals surface area contributed by atoms with Crippen molar-refractivity contribution < 1.29 is 24.3 Å². The summed E-state index contributed by atoms with van der Waals surface area (Å²) < 4.78 is 10.6. The van der Waals surface area contributed by atoms with Crippen molar-refractivity contribution >= 4 is 11.5 Å². The molecule has 3 N–H and O–H groups in total. The second-order valence-corrected chi connectivity index (χ2v) is 6.26. The number of fused-ring (bicyclic) bond motifs is 1. The number of phenolic OH excluding ortho intramolecular Hbond substituents is 1. The summed E-state index contributed by atoms with van der Waals surface area (Å²) in [6.45, 7) is 0. The lowest BCUT2D eigenvalue weighted by atomic mass is 9.70. The first kappa shape index (κ1) is 17.5. The lowest BCUT2D eigenvalue weighted by molar-refractivity contribution is -0.386. The smallest absolute Gasteiger partial charge is 0.314 e. The van der Waals surface area contributed by atoms with Crippen molar-refractivity contribution in [2.75, 3.05) is 7.11 Å². The number of phenols is 1. The third-order valence-corrected chi connectivity index (χ3v) is 4.87. The third-order valence-electron chi connectivity index (χ3n) is 4.87. The summed E-state index contributed by atoms with van der Waals surface area (Å²) in [5.74, 6) is -2.35. The van der Waals surface area contributed by atoms with Gasteiger partial charge in [0, 0.05) is 18.4 Å². The number of nitrogens with zero attached hydrogens (tertiary/aromatic N) is 2. The number of nitro groups is 1. The first-order valence-electron chi connectivity index (χ1n) is 8.03. The van der Waals surface area contributed by atoms with Crippen LogP contribution in [0.1, 0.15) is 30.7 Å². The van der Waals surface area contributed by atoms with E-state index in [9.17, 15) is 25.3 Å². The zero-order valence-electron chi connectivity index (χ0n) is 14.0. The molecular formula is C17H17N3O6. The van der Waals surface area contributed by atoms with Crippen molar-refractivity contribution in [3.63, 3.8) is 0 Å². The first-order chi connectivity index (χ1) is 12.4. The molecule has 1 aliphatic carbocycles. The summed E-state index contributed by atoms with van der Waals surface area (Å²) in [6, 6.07) is 4.50. The zero-order valence-corrected chi connectivity index (χ0v) is 14.0. The number of benzene rings is 1. The number of nitro benzene ring substituents is 1. The van der Waals surface area contributed by atoms with Gasteiger partial charge in [-0.2, -0.15) is 5.26 Å². The molecule has 9 nitrogen and oxygen atoms in total. The fourth-order valence-electron chi connectivity index (χ4n) is 3.71. The summed E-state index contributed by atoms with van der Waals surface area (Å²) in [5.41, 5.74) is 5.66. The molecule has 1 heterocycles. The van der Waals surface area contributed by atoms with Crippen LogP contribution in [0.3, 0.4) is 0 Å². The fourth-order valence-corrected chi connectivity index (χ4v) is 3.71. The van der Waals surface area contributed by atoms with Crippen LogP contribution >= 0.6 is 0 Å². The van der Waals surface area contributed by atoms with E-state index in [2.05, 4.69) is 0 Å². The quantitative estimate of drug-likeness (QED) is 0.613. The summed E-state index contributed by atoms with van der Waals surface area (Å²) >= 11 is 0. The van der Waals surface area contributed by atoms with Crippen LogP contribution in [-0.4, -0.2) is 29.0 Å². The maximum Gasteiger partial charge on any atom is 0.314 e. The molecule has 0 aromatic heterocycles. The minimum atomic E-state index is -0.792. The number of carbonyl (C=O) groups is 1. The van der Waals surface area contributed by atoms with E-state index in [-0.39, 0.29) is 23.0 Å². The molecule has 26 heavy (non-hydrogen) atoms. The molecule has 0 spiro atoms. The maximum absolute atomic E-state index is 12.6. The Hall–Kier alpha value is -3.28. The highest BCUT2D eigenvalue weighted by atomic mass is 16.6. The van der Waals surface area contributed by atoms with Crippen molar-refractivity contribution in [1.82, 2.24) is 0 Å². The molecule has 0 radical (unpaired) electrons. The van der Waals surface area contributed by atoms with E-state index in [4.69, 9.17) is 15.2 Å². The van der Waals surface area contributed by atoms with E-state index in [0.29, 0.717) is 24.8 Å². The monoisotopic (exact) mass is 359 g/mol. The number of rotatable bonds is 3. The summed E-state index contributed by atoms with van der Waals surface area (Å²) in [6.07, 6.45) is 1.11. The van der Waals surface area contributed by atoms with Crippen molar-refractivity contribution in [3.05, 3.63) is 39.3 Å². The Kier molecular flexibility index (Phi) is 4.42. The number of hydrogen-bond donors (Lipinski definition) is 2. The number of nitriles is 1. The minimum Gasteiger partial charge on any atom is -0.500 e. The highest BCUT2D eigenvalue weighted by Gasteiger charge is 2.46. The largest absolute Gasteiger partial charge is 0.500 e. The predicted octanol–water partition coefficient (Wildman–Crippen LogP) is 1.85. The van der Waals surface area contributed by atoms with E-state index in [1.807, 2.05) is 6.07 Å². The highest BCUT2D eigenvalue weighted by molar-refractivity contribution is 5.84. The molecule has 1 saturated carbocycles. The van der Waals surface area contributed by atoms with Crippen LogP contribution in [0.25, 0.3) is 0 Å². The van der Waals surface area contributed by atoms with Crippen molar-refractivity contribution in [2.24, 2.45) is 11.7 Å². The second-order valence-electron chi connectivity index (χ2n) is 6.26. The standard InChI is InChI=1S/C17H17N3O6/c1-25-13-6-8(5-10(16(13)22)20(23)24)14-9(7-18)17(19)26-12-4-2-3-11(21)15(12)14/h5-6,12,14-15,22H,2-4,19H2,1H3/t12-,14+,15-/m1/s1. The van der Waals surface area contributed by atoms with Gasteiger partial charge in [-0.15, -0.1) is 0 Å². The number of aromatic hydroxyl groups is 1. The van der Waals surface area contributed by atoms with Crippen LogP contribution in [0, 0.1) is 27.4 Å². The average molecular weight is 359 g/mol. The van der Waals surface area contributed by atoms with Gasteiger partial charge >= 0.3 is 5.69 Å². The number of Topliss-reactive ketones (excluding diaryl/α,β-unsaturated/α-hetero) is 1. The molecule has 1 fully saturated rings. The van der Waals surface area contributed by atoms with Gasteiger partial charge in [0.05, 0.1) is 23.5 Å². The topological polar surface area (TPSA) is 149 Å². The third kappa shape index (κ3) is 2.69. The zero-order chi connectivity index (χ0) is 19.0. The van der Waals surface area contributed by atoms with Crippen molar-refractivity contribution in [1.29, 1.82) is 5.26 Å². The molecule has 9 heteroatoms. The van der Waals surface area contributed by atoms with E-state index < -0.39 is 34.3 Å². The van der Waals surface area contributed by atoms with Crippen LogP contribution < -0.4 is 10.5 Å². The van der Waals surface area contributed by atoms with Crippen LogP contribution in [-0.2, 0) is 9.53 Å². The maximum atomic E-state index is 12.6. The Labute approximate surface area is 148 Å². The van der Waals surface area contributed by atoms with Gasteiger partial charge in [0.15, 0.2) is 11.6 Å². The molecule has 0 unspecified atom stereocenters. The Morgan fingerprint density at radius 3 is 2.85 bits per heavy atom. The molecule has 1 aromatic carbocycles. The molecule has 3 atom stereocenters. The van der Waals surface area contributed by atoms with Crippen LogP contribution in [0.15, 0.2) is 23.6 Å². The van der Waals surface area contributed by atoms with Gasteiger partial charge in [-0.3, -0.25) is 14.9 Å². The second kappa shape index (κ2) is 6.55. The van der Waals surface area contributed by atoms with E-state index in [0.717, 1.165) is 6.07 Å². The van der Waals surface area contributed by atoms with Crippen LogP contribution in [0.2, 0.25) is 0 Å². The number of methoxy groups -OCH3 is 1. The van der Waals surface area contributed by atoms with Crippen LogP contribution in [0.5, 0.6) is 11.5 Å². The highest BCUT2D eigenvalue weighted by Crippen LogP contribution is 2.48. The molecule has 0 saturated heterocycles. The SMILES string of the molecule is COc1cc([C@H]2C(C#N)=C(N)O[C@@H]3CCCC(=O)[C@@H]23)cc([N+](=O)[O-])c1O. The van der Waals surface area contributed by atoms with Gasteiger partial charge in [-0.1, -0.05) is 0 Å². The number of ether oxygens (including phenoxy) is 2. The predicted molar refractivity (Wildman–Crippen MR) is 88.1 cm³/mol. The molecule has 2 aliphatic rings. The molecule has 3 rings (SSSR count). The average Bonchev–Trinajstić information content (AvgIpc) is 2.60. The number of ketones is 1. The van der Waals surface area contributed by atoms with Gasteiger partial charge in [0.25, 0.3) is 0 Å². The Balaban J connectivity index is 2.23. The number of allylic oxidation sites excluding steroid dienone is 1. The summed E-state index contributed by atoms with van der Waals surface area (Å²) in [7, 11) is 1.26. The Bertz CT molecular complexity index is 857. The van der Waals surface area contributed by atoms with Crippen molar-refractivity contribution in [2.45, 2.75) is 31.3 Å². The summed E-state index contributed by atoms with van der Waals surface area (Å²) in [4.78, 5) is 23.1. The summed E-state index contributed by atoms with van der Waals surface area (Å²) in [5, 5.41) is 30.8. The number of hydrogen-bond acceptors (Lipinski definition) is 8. The Morgan fingerprint density at radius 2 is 2.23 bits per heavy atom. The number of nitrogens with two attached hydrogens (primary N) is 1. The number of carbonyl (C=O) groups excluding carboxylic acids is 1.